The van der Waals surface area contributed by atoms with Crippen molar-refractivity contribution < 1.29 is 0 Å². The molecule has 3 heterocycles. The van der Waals surface area contributed by atoms with Crippen molar-refractivity contribution >= 4 is 65.0 Å². The minimum absolute atomic E-state index is 0.665. The minimum atomic E-state index is 0.665. The molecule has 0 aliphatic heterocycles. The van der Waals surface area contributed by atoms with Crippen LogP contribution >= 0.6 is 31.9 Å². The first-order chi connectivity index (χ1) is 10.6. The van der Waals surface area contributed by atoms with Gasteiger partial charge in [-0.1, -0.05) is 0 Å². The van der Waals surface area contributed by atoms with E-state index in [0.29, 0.717) is 42.3 Å². The molecule has 1 aromatic carbocycles. The maximum Gasteiger partial charge on any atom is 0.128 e. The van der Waals surface area contributed by atoms with Gasteiger partial charge in [-0.2, -0.15) is 0 Å². The maximum atomic E-state index is 4.62. The third-order valence-corrected chi connectivity index (χ3v) is 4.90. The maximum absolute atomic E-state index is 4.62. The summed E-state index contributed by atoms with van der Waals surface area (Å²) in [5.41, 5.74) is 5.63. The minimum Gasteiger partial charge on any atom is -0.251 e. The topological polar surface area (TPSA) is 77.3 Å². The van der Waals surface area contributed by atoms with Gasteiger partial charge in [0.2, 0.25) is 0 Å². The Bertz CT molecular complexity index is 993. The lowest BCUT2D eigenvalue weighted by Crippen LogP contribution is -2.00. The standard InChI is InChI=1S/C14H8Br2N6/c1-5-14(16)22-12-9(19-5)7-8(18-4-3-17-7)10-11(12)20-6(2)13(15)21-10/h3-4H,1-2H3. The highest BCUT2D eigenvalue weighted by Gasteiger charge is 2.17. The highest BCUT2D eigenvalue weighted by Crippen LogP contribution is 2.31. The van der Waals surface area contributed by atoms with Gasteiger partial charge in [-0.3, -0.25) is 9.97 Å². The molecule has 0 fully saturated rings. The van der Waals surface area contributed by atoms with E-state index in [2.05, 4.69) is 61.8 Å². The zero-order valence-electron chi connectivity index (χ0n) is 11.6. The van der Waals surface area contributed by atoms with Gasteiger partial charge in [0.1, 0.15) is 42.3 Å². The lowest BCUT2D eigenvalue weighted by Gasteiger charge is -2.09. The van der Waals surface area contributed by atoms with Crippen LogP contribution in [0, 0.1) is 13.8 Å². The Labute approximate surface area is 141 Å². The van der Waals surface area contributed by atoms with Crippen LogP contribution in [0.15, 0.2) is 21.6 Å². The third-order valence-electron chi connectivity index (χ3n) is 3.40. The zero-order chi connectivity index (χ0) is 15.4. The number of rotatable bonds is 0. The van der Waals surface area contributed by atoms with E-state index in [1.165, 1.54) is 0 Å². The largest absolute Gasteiger partial charge is 0.251 e. The summed E-state index contributed by atoms with van der Waals surface area (Å²) in [6.07, 6.45) is 3.28. The summed E-state index contributed by atoms with van der Waals surface area (Å²) in [7, 11) is 0. The fraction of sp³-hybridized carbons (Fsp3) is 0.143. The molecule has 0 aliphatic carbocycles. The van der Waals surface area contributed by atoms with Crippen LogP contribution in [0.3, 0.4) is 0 Å². The molecule has 0 N–H and O–H groups in total. The van der Waals surface area contributed by atoms with Crippen LogP contribution in [0.4, 0.5) is 0 Å². The molecule has 0 saturated heterocycles. The Morgan fingerprint density at radius 3 is 1.45 bits per heavy atom. The van der Waals surface area contributed by atoms with E-state index >= 15 is 0 Å². The number of halogens is 2. The van der Waals surface area contributed by atoms with Crippen molar-refractivity contribution in [1.29, 1.82) is 0 Å². The van der Waals surface area contributed by atoms with Crippen LogP contribution in [0.2, 0.25) is 0 Å². The molecule has 0 saturated carbocycles. The zero-order valence-corrected chi connectivity index (χ0v) is 14.8. The van der Waals surface area contributed by atoms with Crippen LogP contribution in [0.1, 0.15) is 11.4 Å². The molecule has 6 nitrogen and oxygen atoms in total. The Hall–Kier alpha value is -1.80. The van der Waals surface area contributed by atoms with Crippen molar-refractivity contribution in [2.45, 2.75) is 13.8 Å². The molecular formula is C14H8Br2N6. The first-order valence-corrected chi connectivity index (χ1v) is 8.05. The van der Waals surface area contributed by atoms with Crippen molar-refractivity contribution in [3.63, 3.8) is 0 Å². The normalized spacial score (nSPS) is 11.6. The van der Waals surface area contributed by atoms with Gasteiger partial charge in [0.05, 0.1) is 11.4 Å². The van der Waals surface area contributed by atoms with Crippen molar-refractivity contribution in [1.82, 2.24) is 29.9 Å². The lowest BCUT2D eigenvalue weighted by atomic mass is 10.2. The van der Waals surface area contributed by atoms with Gasteiger partial charge in [0.15, 0.2) is 0 Å². The SMILES string of the molecule is Cc1nc2c(nc1Br)c1nccnc1c1nc(C)c(Br)nc12. The van der Waals surface area contributed by atoms with E-state index < -0.39 is 0 Å². The Morgan fingerprint density at radius 1 is 0.591 bits per heavy atom. The van der Waals surface area contributed by atoms with Gasteiger partial charge in [-0.05, 0) is 45.7 Å². The van der Waals surface area contributed by atoms with E-state index in [-0.39, 0.29) is 0 Å². The monoisotopic (exact) mass is 418 g/mol. The predicted molar refractivity (Wildman–Crippen MR) is 90.6 cm³/mol. The van der Waals surface area contributed by atoms with Gasteiger partial charge in [-0.25, -0.2) is 19.9 Å². The van der Waals surface area contributed by atoms with Crippen LogP contribution in [-0.2, 0) is 0 Å². The molecule has 8 heteroatoms. The molecule has 108 valence electrons. The van der Waals surface area contributed by atoms with E-state index in [1.807, 2.05) is 13.8 Å². The number of benzene rings is 1. The number of aryl methyl sites for hydroxylation is 2. The number of aromatic nitrogens is 6. The summed E-state index contributed by atoms with van der Waals surface area (Å²) in [6.45, 7) is 3.78. The van der Waals surface area contributed by atoms with Gasteiger partial charge in [0.25, 0.3) is 0 Å². The predicted octanol–water partition coefficient (Wildman–Crippen LogP) is 3.66. The Kier molecular flexibility index (Phi) is 3.05. The van der Waals surface area contributed by atoms with E-state index in [1.54, 1.807) is 12.4 Å². The number of nitrogens with zero attached hydrogens (tertiary/aromatic N) is 6. The molecule has 0 aliphatic rings. The van der Waals surface area contributed by atoms with E-state index in [4.69, 9.17) is 0 Å². The second kappa shape index (κ2) is 4.85. The van der Waals surface area contributed by atoms with Crippen molar-refractivity contribution in [3.8, 4) is 0 Å². The highest BCUT2D eigenvalue weighted by atomic mass is 79.9. The van der Waals surface area contributed by atoms with E-state index in [0.717, 1.165) is 11.4 Å². The summed E-state index contributed by atoms with van der Waals surface area (Å²) in [5, 5.41) is 0. The molecule has 0 bridgehead atoms. The van der Waals surface area contributed by atoms with Gasteiger partial charge in [-0.15, -0.1) is 0 Å². The first-order valence-electron chi connectivity index (χ1n) is 6.46. The first kappa shape index (κ1) is 13.8. The molecule has 0 amide bonds. The number of fused-ring (bicyclic) bond motifs is 6. The van der Waals surface area contributed by atoms with Crippen molar-refractivity contribution in [3.05, 3.63) is 33.0 Å². The van der Waals surface area contributed by atoms with E-state index in [9.17, 15) is 0 Å². The summed E-state index contributed by atoms with van der Waals surface area (Å²) >= 11 is 6.86. The van der Waals surface area contributed by atoms with Crippen molar-refractivity contribution in [2.24, 2.45) is 0 Å². The van der Waals surface area contributed by atoms with Crippen LogP contribution in [-0.4, -0.2) is 29.9 Å². The molecule has 4 aromatic rings. The summed E-state index contributed by atoms with van der Waals surface area (Å²) in [5.74, 6) is 0. The van der Waals surface area contributed by atoms with Gasteiger partial charge < -0.3 is 0 Å². The number of hydrogen-bond acceptors (Lipinski definition) is 6. The van der Waals surface area contributed by atoms with Gasteiger partial charge in [0, 0.05) is 12.4 Å². The number of hydrogen-bond donors (Lipinski definition) is 0. The molecule has 0 radical (unpaired) electrons. The van der Waals surface area contributed by atoms with Crippen LogP contribution in [0.25, 0.3) is 33.1 Å². The molecule has 4 rings (SSSR count). The molecule has 0 atom stereocenters. The second-order valence-corrected chi connectivity index (χ2v) is 6.35. The average molecular weight is 420 g/mol. The fourth-order valence-electron chi connectivity index (χ4n) is 2.34. The average Bonchev–Trinajstić information content (AvgIpc) is 2.51. The van der Waals surface area contributed by atoms with Crippen molar-refractivity contribution in [2.75, 3.05) is 0 Å². The van der Waals surface area contributed by atoms with Crippen LogP contribution in [0.5, 0.6) is 0 Å². The van der Waals surface area contributed by atoms with Crippen LogP contribution < -0.4 is 0 Å². The summed E-state index contributed by atoms with van der Waals surface area (Å²) in [4.78, 5) is 27.2. The quantitative estimate of drug-likeness (QED) is 0.405. The molecule has 22 heavy (non-hydrogen) atoms. The molecular weight excluding hydrogens is 412 g/mol. The highest BCUT2D eigenvalue weighted by molar-refractivity contribution is 9.10. The molecule has 3 aromatic heterocycles. The summed E-state index contributed by atoms with van der Waals surface area (Å²) in [6, 6.07) is 0. The lowest BCUT2D eigenvalue weighted by molar-refractivity contribution is 1.12. The van der Waals surface area contributed by atoms with Gasteiger partial charge >= 0.3 is 0 Å². The second-order valence-electron chi connectivity index (χ2n) is 4.85. The Morgan fingerprint density at radius 2 is 0.955 bits per heavy atom. The molecule has 0 spiro atoms. The Balaban J connectivity index is 2.40. The smallest absolute Gasteiger partial charge is 0.128 e. The fourth-order valence-corrected chi connectivity index (χ4v) is 2.87. The third kappa shape index (κ3) is 1.90. The molecule has 0 unspecified atom stereocenters. The summed E-state index contributed by atoms with van der Waals surface area (Å²) < 4.78 is 1.37.